The molecule has 0 radical (unpaired) electrons. The fourth-order valence-corrected chi connectivity index (χ4v) is 2.99. The van der Waals surface area contributed by atoms with Crippen molar-refractivity contribution in [3.8, 4) is 0 Å². The van der Waals surface area contributed by atoms with Crippen LogP contribution in [0.1, 0.15) is 74.3 Å². The molecule has 1 heterocycles. The molecule has 4 heteroatoms. The van der Waals surface area contributed by atoms with Gasteiger partial charge in [-0.25, -0.2) is 4.98 Å². The highest BCUT2D eigenvalue weighted by atomic mass is 16.1. The van der Waals surface area contributed by atoms with Crippen molar-refractivity contribution in [3.05, 3.63) is 23.4 Å². The average Bonchev–Trinajstić information content (AvgIpc) is 2.95. The van der Waals surface area contributed by atoms with Gasteiger partial charge in [-0.05, 0) is 36.8 Å². The minimum atomic E-state index is -0.0441. The van der Waals surface area contributed by atoms with Gasteiger partial charge < -0.3 is 11.1 Å². The molecule has 0 atom stereocenters. The van der Waals surface area contributed by atoms with Crippen LogP contribution in [0, 0.1) is 5.92 Å². The lowest BCUT2D eigenvalue weighted by molar-refractivity contribution is 0.0952. The van der Waals surface area contributed by atoms with Crippen LogP contribution in [0.5, 0.6) is 0 Å². The molecule has 0 aliphatic heterocycles. The number of carbonyl (C=O) groups is 1. The van der Waals surface area contributed by atoms with Crippen molar-refractivity contribution in [1.82, 2.24) is 10.3 Å². The third-order valence-electron chi connectivity index (χ3n) is 4.27. The highest BCUT2D eigenvalue weighted by Gasteiger charge is 2.15. The molecule has 0 unspecified atom stereocenters. The van der Waals surface area contributed by atoms with Crippen LogP contribution in [0.25, 0.3) is 0 Å². The summed E-state index contributed by atoms with van der Waals surface area (Å²) < 4.78 is 0. The van der Waals surface area contributed by atoms with Gasteiger partial charge in [-0.15, -0.1) is 0 Å². The molecule has 4 nitrogen and oxygen atoms in total. The second-order valence-electron chi connectivity index (χ2n) is 6.41. The number of carbonyl (C=O) groups excluding carboxylic acids is 1. The Hall–Kier alpha value is -1.58. The molecule has 21 heavy (non-hydrogen) atoms. The van der Waals surface area contributed by atoms with E-state index in [1.54, 1.807) is 6.07 Å². The van der Waals surface area contributed by atoms with Gasteiger partial charge in [-0.2, -0.15) is 0 Å². The van der Waals surface area contributed by atoms with Crippen LogP contribution in [0.3, 0.4) is 0 Å². The summed E-state index contributed by atoms with van der Waals surface area (Å²) in [5.74, 6) is 1.52. The molecular weight excluding hydrogens is 262 g/mol. The number of nitrogens with two attached hydrogens (primary N) is 1. The van der Waals surface area contributed by atoms with Crippen molar-refractivity contribution in [2.45, 2.75) is 58.3 Å². The summed E-state index contributed by atoms with van der Waals surface area (Å²) in [7, 11) is 0. The minimum Gasteiger partial charge on any atom is -0.384 e. The molecule has 1 amide bonds. The van der Waals surface area contributed by atoms with Gasteiger partial charge in [0, 0.05) is 17.8 Å². The number of amides is 1. The molecule has 1 aromatic heterocycles. The van der Waals surface area contributed by atoms with E-state index in [2.05, 4.69) is 10.3 Å². The molecular formula is C17H27N3O. The summed E-state index contributed by atoms with van der Waals surface area (Å²) in [5, 5.41) is 2.99. The smallest absolute Gasteiger partial charge is 0.251 e. The molecule has 0 spiro atoms. The summed E-state index contributed by atoms with van der Waals surface area (Å²) in [5.41, 5.74) is 7.27. The molecule has 0 bridgehead atoms. The number of anilines is 1. The van der Waals surface area contributed by atoms with Crippen molar-refractivity contribution >= 4 is 11.7 Å². The Kier molecular flexibility index (Phi) is 5.59. The van der Waals surface area contributed by atoms with Crippen LogP contribution in [-0.2, 0) is 0 Å². The van der Waals surface area contributed by atoms with Crippen molar-refractivity contribution in [1.29, 1.82) is 0 Å². The molecule has 0 saturated heterocycles. The van der Waals surface area contributed by atoms with Crippen LogP contribution in [0.15, 0.2) is 12.1 Å². The van der Waals surface area contributed by atoms with Crippen molar-refractivity contribution in [2.24, 2.45) is 5.92 Å². The monoisotopic (exact) mass is 289 g/mol. The summed E-state index contributed by atoms with van der Waals surface area (Å²) in [6, 6.07) is 3.49. The fourth-order valence-electron chi connectivity index (χ4n) is 2.99. The molecule has 116 valence electrons. The van der Waals surface area contributed by atoms with Crippen LogP contribution in [-0.4, -0.2) is 17.4 Å². The zero-order valence-electron chi connectivity index (χ0n) is 13.2. The molecule has 1 saturated carbocycles. The Morgan fingerprint density at radius 2 is 2.10 bits per heavy atom. The molecule has 3 N–H and O–H groups in total. The number of nitrogens with zero attached hydrogens (tertiary/aromatic N) is 1. The van der Waals surface area contributed by atoms with E-state index in [0.717, 1.165) is 24.6 Å². The SMILES string of the molecule is CC(C)c1cc(C(=O)NCCCC2CCCC2)cc(N)n1. The van der Waals surface area contributed by atoms with E-state index in [1.807, 2.05) is 19.9 Å². The van der Waals surface area contributed by atoms with E-state index in [0.29, 0.717) is 11.4 Å². The Balaban J connectivity index is 1.82. The predicted octanol–water partition coefficient (Wildman–Crippen LogP) is 3.49. The third kappa shape index (κ3) is 4.73. The first-order chi connectivity index (χ1) is 10.1. The quantitative estimate of drug-likeness (QED) is 0.788. The number of hydrogen-bond donors (Lipinski definition) is 2. The Morgan fingerprint density at radius 1 is 1.38 bits per heavy atom. The average molecular weight is 289 g/mol. The van der Waals surface area contributed by atoms with Crippen molar-refractivity contribution in [3.63, 3.8) is 0 Å². The van der Waals surface area contributed by atoms with Crippen LogP contribution in [0.2, 0.25) is 0 Å². The van der Waals surface area contributed by atoms with E-state index in [1.165, 1.54) is 32.1 Å². The first-order valence-electron chi connectivity index (χ1n) is 8.12. The largest absolute Gasteiger partial charge is 0.384 e. The van der Waals surface area contributed by atoms with E-state index < -0.39 is 0 Å². The van der Waals surface area contributed by atoms with E-state index >= 15 is 0 Å². The predicted molar refractivity (Wildman–Crippen MR) is 86.3 cm³/mol. The van der Waals surface area contributed by atoms with Crippen LogP contribution >= 0.6 is 0 Å². The number of pyridine rings is 1. The summed E-state index contributed by atoms with van der Waals surface area (Å²) in [4.78, 5) is 16.4. The van der Waals surface area contributed by atoms with E-state index in [4.69, 9.17) is 5.73 Å². The van der Waals surface area contributed by atoms with E-state index in [-0.39, 0.29) is 11.8 Å². The number of rotatable bonds is 6. The Labute approximate surface area is 127 Å². The minimum absolute atomic E-state index is 0.0441. The molecule has 1 aliphatic rings. The molecule has 1 aromatic rings. The lowest BCUT2D eigenvalue weighted by Gasteiger charge is -2.11. The maximum atomic E-state index is 12.2. The third-order valence-corrected chi connectivity index (χ3v) is 4.27. The number of aromatic nitrogens is 1. The highest BCUT2D eigenvalue weighted by molar-refractivity contribution is 5.94. The zero-order valence-corrected chi connectivity index (χ0v) is 13.2. The zero-order chi connectivity index (χ0) is 15.2. The fraction of sp³-hybridized carbons (Fsp3) is 0.647. The van der Waals surface area contributed by atoms with Gasteiger partial charge in [-0.1, -0.05) is 39.5 Å². The summed E-state index contributed by atoms with van der Waals surface area (Å²) in [6.07, 6.45) is 7.79. The first-order valence-corrected chi connectivity index (χ1v) is 8.12. The van der Waals surface area contributed by atoms with Gasteiger partial charge in [-0.3, -0.25) is 4.79 Å². The molecule has 0 aromatic carbocycles. The number of hydrogen-bond acceptors (Lipinski definition) is 3. The van der Waals surface area contributed by atoms with Gasteiger partial charge in [0.1, 0.15) is 5.82 Å². The highest BCUT2D eigenvalue weighted by Crippen LogP contribution is 2.28. The topological polar surface area (TPSA) is 68.0 Å². The summed E-state index contributed by atoms with van der Waals surface area (Å²) >= 11 is 0. The van der Waals surface area contributed by atoms with Gasteiger partial charge in [0.2, 0.25) is 0 Å². The second-order valence-corrected chi connectivity index (χ2v) is 6.41. The van der Waals surface area contributed by atoms with Crippen LogP contribution in [0.4, 0.5) is 5.82 Å². The standard InChI is InChI=1S/C17H27N3O/c1-12(2)15-10-14(11-16(18)20-15)17(21)19-9-5-8-13-6-3-4-7-13/h10-13H,3-9H2,1-2H3,(H2,18,20)(H,19,21). The van der Waals surface area contributed by atoms with Gasteiger partial charge in [0.05, 0.1) is 0 Å². The summed E-state index contributed by atoms with van der Waals surface area (Å²) in [6.45, 7) is 4.84. The first kappa shape index (κ1) is 15.8. The lowest BCUT2D eigenvalue weighted by atomic mass is 10.0. The maximum Gasteiger partial charge on any atom is 0.251 e. The maximum absolute atomic E-state index is 12.2. The van der Waals surface area contributed by atoms with Crippen molar-refractivity contribution < 1.29 is 4.79 Å². The molecule has 1 fully saturated rings. The van der Waals surface area contributed by atoms with Crippen LogP contribution < -0.4 is 11.1 Å². The van der Waals surface area contributed by atoms with Gasteiger partial charge >= 0.3 is 0 Å². The van der Waals surface area contributed by atoms with Gasteiger partial charge in [0.15, 0.2) is 0 Å². The van der Waals surface area contributed by atoms with Crippen molar-refractivity contribution in [2.75, 3.05) is 12.3 Å². The number of nitrogen functional groups attached to an aromatic ring is 1. The molecule has 1 aliphatic carbocycles. The normalized spacial score (nSPS) is 15.6. The second kappa shape index (κ2) is 7.43. The Morgan fingerprint density at radius 3 is 2.76 bits per heavy atom. The van der Waals surface area contributed by atoms with E-state index in [9.17, 15) is 4.79 Å². The molecule has 2 rings (SSSR count). The number of nitrogens with one attached hydrogen (secondary N) is 1. The van der Waals surface area contributed by atoms with Gasteiger partial charge in [0.25, 0.3) is 5.91 Å². The lowest BCUT2D eigenvalue weighted by Crippen LogP contribution is -2.25. The Bertz CT molecular complexity index is 479.